The van der Waals surface area contributed by atoms with Gasteiger partial charge in [-0.15, -0.1) is 11.3 Å². The number of likely N-dealkylation sites (N-methyl/N-ethyl adjacent to an activating group) is 1. The van der Waals surface area contributed by atoms with Crippen molar-refractivity contribution >= 4 is 28.1 Å². The molecule has 35 heavy (non-hydrogen) atoms. The number of anilines is 2. The van der Waals surface area contributed by atoms with Crippen molar-refractivity contribution in [3.63, 3.8) is 0 Å². The van der Waals surface area contributed by atoms with Crippen molar-refractivity contribution in [3.8, 4) is 0 Å². The summed E-state index contributed by atoms with van der Waals surface area (Å²) >= 11 is 1.66. The Kier molecular flexibility index (Phi) is 6.66. The molecule has 5 rings (SSSR count). The standard InChI is InChI=1S/C27H37FN4O2S/c1-16(25(34)32-13-11-31(4)12-14-32)20-9-10-27(3)15-21-23(17(2)22(27)24(20)33)30-26(35-21)29-19-7-5-18(28)6-8-19/h5-8,16-17,20,22,24,33H,9-15H2,1-4H3,(H,29,30)/t16-,17+,20-,22+,24-,27+/m0/s1. The molecule has 2 N–H and O–H groups in total. The quantitative estimate of drug-likeness (QED) is 0.648. The smallest absolute Gasteiger partial charge is 0.225 e. The van der Waals surface area contributed by atoms with Crippen LogP contribution in [0.1, 0.15) is 50.1 Å². The molecule has 1 saturated heterocycles. The Morgan fingerprint density at radius 3 is 2.63 bits per heavy atom. The molecular formula is C27H37FN4O2S. The van der Waals surface area contributed by atoms with Crippen LogP contribution in [0.2, 0.25) is 0 Å². The molecule has 2 fully saturated rings. The zero-order chi connectivity index (χ0) is 24.9. The summed E-state index contributed by atoms with van der Waals surface area (Å²) in [4.78, 5) is 23.7. The number of rotatable bonds is 4. The van der Waals surface area contributed by atoms with Gasteiger partial charge in [-0.2, -0.15) is 0 Å². The van der Waals surface area contributed by atoms with Crippen LogP contribution in [0.5, 0.6) is 0 Å². The summed E-state index contributed by atoms with van der Waals surface area (Å²) in [7, 11) is 2.09. The highest BCUT2D eigenvalue weighted by atomic mass is 32.1. The third kappa shape index (κ3) is 4.60. The highest BCUT2D eigenvalue weighted by Gasteiger charge is 2.54. The lowest BCUT2D eigenvalue weighted by Gasteiger charge is -2.53. The second-order valence-electron chi connectivity index (χ2n) is 11.2. The molecule has 0 radical (unpaired) electrons. The zero-order valence-corrected chi connectivity index (χ0v) is 21.9. The fourth-order valence-corrected chi connectivity index (χ4v) is 8.04. The molecule has 1 aromatic carbocycles. The molecule has 8 heteroatoms. The Morgan fingerprint density at radius 2 is 1.94 bits per heavy atom. The summed E-state index contributed by atoms with van der Waals surface area (Å²) in [5.74, 6) is -0.111. The van der Waals surface area contributed by atoms with E-state index < -0.39 is 6.10 Å². The van der Waals surface area contributed by atoms with Crippen LogP contribution >= 0.6 is 11.3 Å². The first kappa shape index (κ1) is 24.7. The van der Waals surface area contributed by atoms with E-state index in [4.69, 9.17) is 4.98 Å². The summed E-state index contributed by atoms with van der Waals surface area (Å²) in [5, 5.41) is 15.8. The molecule has 0 unspecified atom stereocenters. The van der Waals surface area contributed by atoms with E-state index >= 15 is 0 Å². The largest absolute Gasteiger partial charge is 0.392 e. The fourth-order valence-electron chi connectivity index (χ4n) is 6.75. The second-order valence-corrected chi connectivity index (χ2v) is 12.3. The van der Waals surface area contributed by atoms with Gasteiger partial charge in [0.25, 0.3) is 0 Å². The minimum atomic E-state index is -0.529. The Bertz CT molecular complexity index is 1070. The molecule has 1 saturated carbocycles. The van der Waals surface area contributed by atoms with Crippen molar-refractivity contribution in [2.45, 2.75) is 52.1 Å². The van der Waals surface area contributed by atoms with Gasteiger partial charge in [-0.05, 0) is 67.8 Å². The first-order chi connectivity index (χ1) is 16.7. The molecule has 0 bridgehead atoms. The number of thiazole rings is 1. The second kappa shape index (κ2) is 9.45. The van der Waals surface area contributed by atoms with Gasteiger partial charge >= 0.3 is 0 Å². The Labute approximate surface area is 211 Å². The van der Waals surface area contributed by atoms with Crippen molar-refractivity contribution < 1.29 is 14.3 Å². The number of aliphatic hydroxyl groups is 1. The number of nitrogens with zero attached hydrogens (tertiary/aromatic N) is 3. The van der Waals surface area contributed by atoms with Gasteiger partial charge in [-0.3, -0.25) is 4.79 Å². The highest BCUT2D eigenvalue weighted by molar-refractivity contribution is 7.15. The Hall–Kier alpha value is -2.03. The van der Waals surface area contributed by atoms with E-state index in [1.807, 2.05) is 11.8 Å². The van der Waals surface area contributed by atoms with Gasteiger partial charge in [0, 0.05) is 48.6 Å². The van der Waals surface area contributed by atoms with Crippen LogP contribution in [0.25, 0.3) is 0 Å². The van der Waals surface area contributed by atoms with E-state index in [0.29, 0.717) is 0 Å². The lowest BCUT2D eigenvalue weighted by Crippen LogP contribution is -2.55. The van der Waals surface area contributed by atoms with Crippen LogP contribution < -0.4 is 5.32 Å². The number of hydrogen-bond donors (Lipinski definition) is 2. The molecule has 2 heterocycles. The molecule has 1 aliphatic heterocycles. The van der Waals surface area contributed by atoms with Gasteiger partial charge < -0.3 is 20.2 Å². The Balaban J connectivity index is 1.33. The number of carbonyl (C=O) groups is 1. The summed E-state index contributed by atoms with van der Waals surface area (Å²) < 4.78 is 13.3. The zero-order valence-electron chi connectivity index (χ0n) is 21.1. The first-order valence-electron chi connectivity index (χ1n) is 12.8. The Morgan fingerprint density at radius 1 is 1.26 bits per heavy atom. The first-order valence-corrected chi connectivity index (χ1v) is 13.7. The van der Waals surface area contributed by atoms with E-state index in [2.05, 4.69) is 31.1 Å². The fraction of sp³-hybridized carbons (Fsp3) is 0.630. The van der Waals surface area contributed by atoms with Crippen LogP contribution in [0, 0.1) is 29.0 Å². The van der Waals surface area contributed by atoms with E-state index in [0.717, 1.165) is 62.0 Å². The molecule has 3 aliphatic rings. The van der Waals surface area contributed by atoms with E-state index in [1.165, 1.54) is 17.0 Å². The van der Waals surface area contributed by atoms with Gasteiger partial charge in [0.15, 0.2) is 5.13 Å². The van der Waals surface area contributed by atoms with Gasteiger partial charge in [-0.1, -0.05) is 20.8 Å². The van der Waals surface area contributed by atoms with Crippen LogP contribution in [-0.4, -0.2) is 65.1 Å². The lowest BCUT2D eigenvalue weighted by molar-refractivity contribution is -0.146. The van der Waals surface area contributed by atoms with Gasteiger partial charge in [-0.25, -0.2) is 9.37 Å². The maximum Gasteiger partial charge on any atom is 0.225 e. The van der Waals surface area contributed by atoms with Gasteiger partial charge in [0.1, 0.15) is 5.82 Å². The molecule has 1 aromatic heterocycles. The van der Waals surface area contributed by atoms with Gasteiger partial charge in [0.05, 0.1) is 11.8 Å². The van der Waals surface area contributed by atoms with Crippen LogP contribution in [-0.2, 0) is 11.2 Å². The molecule has 1 amide bonds. The predicted octanol–water partition coefficient (Wildman–Crippen LogP) is 4.49. The number of piperazine rings is 1. The van der Waals surface area contributed by atoms with Crippen molar-refractivity contribution in [3.05, 3.63) is 40.7 Å². The molecule has 2 aromatic rings. The van der Waals surface area contributed by atoms with Crippen molar-refractivity contribution in [2.75, 3.05) is 38.5 Å². The predicted molar refractivity (Wildman–Crippen MR) is 137 cm³/mol. The minimum Gasteiger partial charge on any atom is -0.392 e. The van der Waals surface area contributed by atoms with Crippen molar-refractivity contribution in [1.82, 2.24) is 14.8 Å². The maximum atomic E-state index is 13.3. The molecule has 0 spiro atoms. The third-order valence-electron chi connectivity index (χ3n) is 8.86. The van der Waals surface area contributed by atoms with E-state index in [1.54, 1.807) is 23.5 Å². The van der Waals surface area contributed by atoms with Crippen LogP contribution in [0.3, 0.4) is 0 Å². The van der Waals surface area contributed by atoms with Crippen LogP contribution in [0.15, 0.2) is 24.3 Å². The van der Waals surface area contributed by atoms with Crippen molar-refractivity contribution in [1.29, 1.82) is 0 Å². The number of halogens is 1. The SMILES string of the molecule is C[C@H](C(=O)N1CCN(C)CC1)[C@@H]1CC[C@]2(C)Cc3sc(Nc4ccc(F)cc4)nc3[C@H](C)[C@@H]2[C@H]1O. The van der Waals surface area contributed by atoms with Crippen molar-refractivity contribution in [2.24, 2.45) is 23.2 Å². The minimum absolute atomic E-state index is 0.0153. The average Bonchev–Trinajstić information content (AvgIpc) is 3.22. The summed E-state index contributed by atoms with van der Waals surface area (Å²) in [6.45, 7) is 9.85. The summed E-state index contributed by atoms with van der Waals surface area (Å²) in [5.41, 5.74) is 1.85. The number of carbonyl (C=O) groups excluding carboxylic acids is 1. The normalized spacial score (nSPS) is 32.0. The summed E-state index contributed by atoms with van der Waals surface area (Å²) in [6.07, 6.45) is 2.24. The van der Waals surface area contributed by atoms with E-state index in [-0.39, 0.29) is 40.8 Å². The molecular weight excluding hydrogens is 463 g/mol. The number of amides is 1. The number of benzene rings is 1. The number of nitrogens with one attached hydrogen (secondary N) is 1. The lowest BCUT2D eigenvalue weighted by atomic mass is 9.53. The average molecular weight is 501 g/mol. The topological polar surface area (TPSA) is 68.7 Å². The molecule has 6 nitrogen and oxygen atoms in total. The van der Waals surface area contributed by atoms with Crippen LogP contribution in [0.4, 0.5) is 15.2 Å². The number of aromatic nitrogens is 1. The molecule has 2 aliphatic carbocycles. The van der Waals surface area contributed by atoms with E-state index in [9.17, 15) is 14.3 Å². The molecule has 190 valence electrons. The maximum absolute atomic E-state index is 13.3. The molecule has 6 atom stereocenters. The number of fused-ring (bicyclic) bond motifs is 2. The highest BCUT2D eigenvalue weighted by Crippen LogP contribution is 2.57. The summed E-state index contributed by atoms with van der Waals surface area (Å²) in [6, 6.07) is 6.31. The third-order valence-corrected chi connectivity index (χ3v) is 9.85. The number of aliphatic hydroxyl groups excluding tert-OH is 1. The monoisotopic (exact) mass is 500 g/mol. The number of hydrogen-bond acceptors (Lipinski definition) is 6. The van der Waals surface area contributed by atoms with Gasteiger partial charge in [0.2, 0.25) is 5.91 Å².